The molecular weight excluding hydrogens is 214 g/mol. The predicted molar refractivity (Wildman–Crippen MR) is 59.1 cm³/mol. The Morgan fingerprint density at radius 2 is 2.40 bits per heavy atom. The first-order valence-electron chi connectivity index (χ1n) is 4.38. The molecule has 5 nitrogen and oxygen atoms in total. The molecule has 6 heteroatoms. The first-order chi connectivity index (χ1) is 7.17. The van der Waals surface area contributed by atoms with Crippen LogP contribution in [0.2, 0.25) is 0 Å². The number of carbonyl (C=O) groups excluding carboxylic acids is 1. The topological polar surface area (TPSA) is 64.1 Å². The fourth-order valence-corrected chi connectivity index (χ4v) is 1.68. The Hall–Kier alpha value is -1.30. The molecule has 0 aliphatic carbocycles. The number of thioether (sulfide) groups is 1. The van der Waals surface area contributed by atoms with Crippen molar-refractivity contribution in [1.29, 1.82) is 0 Å². The monoisotopic (exact) mass is 227 g/mol. The summed E-state index contributed by atoms with van der Waals surface area (Å²) in [6.45, 7) is 1.90. The third-order valence-electron chi connectivity index (χ3n) is 1.70. The summed E-state index contributed by atoms with van der Waals surface area (Å²) in [5.74, 6) is 0.550. The number of nitrogens with one attached hydrogen (secondary N) is 1. The maximum absolute atomic E-state index is 10.9. The van der Waals surface area contributed by atoms with Crippen LogP contribution in [0.1, 0.15) is 5.56 Å². The van der Waals surface area contributed by atoms with E-state index in [1.54, 1.807) is 13.2 Å². The van der Waals surface area contributed by atoms with Gasteiger partial charge in [-0.2, -0.15) is 0 Å². The molecule has 0 spiro atoms. The van der Waals surface area contributed by atoms with Gasteiger partial charge in [0.05, 0.1) is 12.9 Å². The maximum Gasteiger partial charge on any atom is 0.316 e. The molecule has 0 saturated heterocycles. The summed E-state index contributed by atoms with van der Waals surface area (Å²) < 4.78 is 4.55. The number of aryl methyl sites for hydroxylation is 1. The van der Waals surface area contributed by atoms with E-state index >= 15 is 0 Å². The summed E-state index contributed by atoms with van der Waals surface area (Å²) in [5.41, 5.74) is 0.947. The van der Waals surface area contributed by atoms with Gasteiger partial charge in [0.15, 0.2) is 0 Å². The molecule has 1 rings (SSSR count). The van der Waals surface area contributed by atoms with Crippen LogP contribution in [-0.2, 0) is 9.53 Å². The number of hydrogen-bond acceptors (Lipinski definition) is 6. The van der Waals surface area contributed by atoms with E-state index in [2.05, 4.69) is 20.0 Å². The minimum atomic E-state index is -0.260. The molecule has 0 fully saturated rings. The summed E-state index contributed by atoms with van der Waals surface area (Å²) in [5, 5.41) is 3.64. The molecule has 0 saturated carbocycles. The van der Waals surface area contributed by atoms with Crippen molar-refractivity contribution in [2.75, 3.05) is 25.2 Å². The average molecular weight is 227 g/mol. The Morgan fingerprint density at radius 1 is 1.67 bits per heavy atom. The van der Waals surface area contributed by atoms with Gasteiger partial charge < -0.3 is 10.1 Å². The highest BCUT2D eigenvalue weighted by Gasteiger charge is 2.07. The van der Waals surface area contributed by atoms with E-state index in [0.29, 0.717) is 5.95 Å². The van der Waals surface area contributed by atoms with Crippen molar-refractivity contribution in [3.05, 3.63) is 11.8 Å². The molecule has 0 aliphatic rings. The number of carbonyl (C=O) groups is 1. The molecule has 0 aromatic carbocycles. The zero-order chi connectivity index (χ0) is 11.3. The van der Waals surface area contributed by atoms with Gasteiger partial charge in [-0.05, 0) is 12.5 Å². The zero-order valence-corrected chi connectivity index (χ0v) is 9.72. The van der Waals surface area contributed by atoms with Gasteiger partial charge in [-0.15, -0.1) is 0 Å². The second-order valence-corrected chi connectivity index (χ2v) is 3.76. The molecule has 1 heterocycles. The Balaban J connectivity index is 2.70. The third-order valence-corrected chi connectivity index (χ3v) is 2.77. The SMILES string of the molecule is CNc1ncc(C)c(SCC(=O)OC)n1. The van der Waals surface area contributed by atoms with Crippen molar-refractivity contribution in [3.8, 4) is 0 Å². The number of nitrogens with zero attached hydrogens (tertiary/aromatic N) is 2. The first kappa shape index (κ1) is 11.8. The quantitative estimate of drug-likeness (QED) is 0.472. The van der Waals surface area contributed by atoms with Crippen molar-refractivity contribution in [3.63, 3.8) is 0 Å². The highest BCUT2D eigenvalue weighted by molar-refractivity contribution is 7.99. The summed E-state index contributed by atoms with van der Waals surface area (Å²) >= 11 is 1.34. The van der Waals surface area contributed by atoms with Gasteiger partial charge in [0, 0.05) is 13.2 Å². The predicted octanol–water partition coefficient (Wildman–Crippen LogP) is 1.09. The second kappa shape index (κ2) is 5.55. The third kappa shape index (κ3) is 3.39. The van der Waals surface area contributed by atoms with Gasteiger partial charge in [-0.25, -0.2) is 9.97 Å². The van der Waals surface area contributed by atoms with Gasteiger partial charge >= 0.3 is 5.97 Å². The highest BCUT2D eigenvalue weighted by Crippen LogP contribution is 2.20. The minimum Gasteiger partial charge on any atom is -0.468 e. The molecule has 0 atom stereocenters. The molecule has 15 heavy (non-hydrogen) atoms. The van der Waals surface area contributed by atoms with Gasteiger partial charge in [0.1, 0.15) is 5.03 Å². The Morgan fingerprint density at radius 3 is 3.00 bits per heavy atom. The van der Waals surface area contributed by atoms with E-state index in [0.717, 1.165) is 10.6 Å². The number of methoxy groups -OCH3 is 1. The molecule has 0 unspecified atom stereocenters. The van der Waals surface area contributed by atoms with E-state index < -0.39 is 0 Å². The van der Waals surface area contributed by atoms with Crippen molar-refractivity contribution in [2.24, 2.45) is 0 Å². The summed E-state index contributed by atoms with van der Waals surface area (Å²) in [6, 6.07) is 0. The van der Waals surface area contributed by atoms with Crippen LogP contribution in [0.3, 0.4) is 0 Å². The molecule has 0 amide bonds. The van der Waals surface area contributed by atoms with E-state index in [1.807, 2.05) is 6.92 Å². The minimum absolute atomic E-state index is 0.260. The van der Waals surface area contributed by atoms with Crippen molar-refractivity contribution in [2.45, 2.75) is 11.9 Å². The Labute approximate surface area is 92.6 Å². The molecule has 1 N–H and O–H groups in total. The van der Waals surface area contributed by atoms with E-state index in [4.69, 9.17) is 0 Å². The van der Waals surface area contributed by atoms with Gasteiger partial charge in [0.25, 0.3) is 0 Å². The largest absolute Gasteiger partial charge is 0.468 e. The summed E-state index contributed by atoms with van der Waals surface area (Å²) in [4.78, 5) is 19.2. The van der Waals surface area contributed by atoms with Crippen LogP contribution in [-0.4, -0.2) is 35.8 Å². The zero-order valence-electron chi connectivity index (χ0n) is 8.90. The molecule has 82 valence electrons. The van der Waals surface area contributed by atoms with Crippen molar-refractivity contribution < 1.29 is 9.53 Å². The summed E-state index contributed by atoms with van der Waals surface area (Å²) in [7, 11) is 3.12. The first-order valence-corrected chi connectivity index (χ1v) is 5.37. The second-order valence-electron chi connectivity index (χ2n) is 2.80. The standard InChI is InChI=1S/C9H13N3O2S/c1-6-4-11-9(10-2)12-8(6)15-5-7(13)14-3/h4H,5H2,1-3H3,(H,10,11,12). The smallest absolute Gasteiger partial charge is 0.316 e. The number of esters is 1. The number of anilines is 1. The van der Waals surface area contributed by atoms with Crippen LogP contribution in [0.4, 0.5) is 5.95 Å². The lowest BCUT2D eigenvalue weighted by molar-refractivity contribution is -0.137. The van der Waals surface area contributed by atoms with Crippen molar-refractivity contribution in [1.82, 2.24) is 9.97 Å². The van der Waals surface area contributed by atoms with Crippen LogP contribution in [0.15, 0.2) is 11.2 Å². The van der Waals surface area contributed by atoms with Crippen LogP contribution >= 0.6 is 11.8 Å². The van der Waals surface area contributed by atoms with Crippen LogP contribution < -0.4 is 5.32 Å². The number of hydrogen-bond donors (Lipinski definition) is 1. The highest BCUT2D eigenvalue weighted by atomic mass is 32.2. The number of ether oxygens (including phenoxy) is 1. The molecule has 0 radical (unpaired) electrons. The van der Waals surface area contributed by atoms with Gasteiger partial charge in [-0.1, -0.05) is 11.8 Å². The van der Waals surface area contributed by atoms with Crippen LogP contribution in [0.5, 0.6) is 0 Å². The number of aromatic nitrogens is 2. The number of rotatable bonds is 4. The van der Waals surface area contributed by atoms with Crippen LogP contribution in [0, 0.1) is 6.92 Å². The molecule has 0 aliphatic heterocycles. The van der Waals surface area contributed by atoms with Crippen molar-refractivity contribution >= 4 is 23.7 Å². The molecule has 1 aromatic rings. The van der Waals surface area contributed by atoms with E-state index in [1.165, 1.54) is 18.9 Å². The lowest BCUT2D eigenvalue weighted by Crippen LogP contribution is -2.05. The lowest BCUT2D eigenvalue weighted by atomic mass is 10.4. The summed E-state index contributed by atoms with van der Waals surface area (Å²) in [6.07, 6.45) is 1.72. The molecule has 1 aromatic heterocycles. The van der Waals surface area contributed by atoms with E-state index in [-0.39, 0.29) is 11.7 Å². The average Bonchev–Trinajstić information content (AvgIpc) is 2.27. The van der Waals surface area contributed by atoms with E-state index in [9.17, 15) is 4.79 Å². The fourth-order valence-electron chi connectivity index (χ4n) is 0.879. The Kier molecular flexibility index (Phi) is 4.36. The fraction of sp³-hybridized carbons (Fsp3) is 0.444. The lowest BCUT2D eigenvalue weighted by Gasteiger charge is -2.05. The Bertz CT molecular complexity index is 357. The van der Waals surface area contributed by atoms with Crippen LogP contribution in [0.25, 0.3) is 0 Å². The molecule has 0 bridgehead atoms. The van der Waals surface area contributed by atoms with Gasteiger partial charge in [-0.3, -0.25) is 4.79 Å². The maximum atomic E-state index is 10.9. The molecular formula is C9H13N3O2S. The van der Waals surface area contributed by atoms with Gasteiger partial charge in [0.2, 0.25) is 5.95 Å². The normalized spacial score (nSPS) is 9.80.